The van der Waals surface area contributed by atoms with Crippen LogP contribution in [0.15, 0.2) is 18.2 Å². The van der Waals surface area contributed by atoms with Gasteiger partial charge in [-0.1, -0.05) is 19.9 Å². The minimum atomic E-state index is -0.487. The molecule has 0 unspecified atom stereocenters. The summed E-state index contributed by atoms with van der Waals surface area (Å²) in [5.74, 6) is 1.26. The van der Waals surface area contributed by atoms with Gasteiger partial charge >= 0.3 is 6.09 Å². The zero-order valence-corrected chi connectivity index (χ0v) is 17.1. The third-order valence-corrected chi connectivity index (χ3v) is 3.75. The zero-order chi connectivity index (χ0) is 17.6. The molecule has 0 aliphatic heterocycles. The molecule has 0 heterocycles. The Labute approximate surface area is 153 Å². The van der Waals surface area contributed by atoms with Gasteiger partial charge in [0.2, 0.25) is 0 Å². The van der Waals surface area contributed by atoms with Crippen LogP contribution in [0.3, 0.4) is 0 Å². The standard InChI is InChI=1S/C18H28INO3/c1-7-22-16-9-8-14(10-15(16)19)12-20(11-13(2)3)17(21)23-18(4,5)6/h8-10,13H,7,11-12H2,1-6H3. The van der Waals surface area contributed by atoms with E-state index in [-0.39, 0.29) is 6.09 Å². The van der Waals surface area contributed by atoms with Crippen LogP contribution in [0.2, 0.25) is 0 Å². The van der Waals surface area contributed by atoms with Gasteiger partial charge in [-0.2, -0.15) is 0 Å². The fourth-order valence-electron chi connectivity index (χ4n) is 2.11. The van der Waals surface area contributed by atoms with Crippen molar-refractivity contribution in [2.45, 2.75) is 53.7 Å². The lowest BCUT2D eigenvalue weighted by Gasteiger charge is -2.28. The lowest BCUT2D eigenvalue weighted by Crippen LogP contribution is -2.38. The van der Waals surface area contributed by atoms with Gasteiger partial charge in [0.25, 0.3) is 0 Å². The molecule has 0 aliphatic rings. The van der Waals surface area contributed by atoms with Crippen molar-refractivity contribution in [1.82, 2.24) is 4.90 Å². The molecule has 0 radical (unpaired) electrons. The molecular weight excluding hydrogens is 405 g/mol. The number of carbonyl (C=O) groups excluding carboxylic acids is 1. The van der Waals surface area contributed by atoms with Gasteiger partial charge in [-0.05, 0) is 73.9 Å². The second kappa shape index (κ2) is 8.76. The van der Waals surface area contributed by atoms with E-state index in [1.165, 1.54) is 0 Å². The first kappa shape index (κ1) is 20.1. The van der Waals surface area contributed by atoms with Gasteiger partial charge in [-0.3, -0.25) is 0 Å². The van der Waals surface area contributed by atoms with E-state index in [1.54, 1.807) is 4.90 Å². The summed E-state index contributed by atoms with van der Waals surface area (Å²) in [6, 6.07) is 6.03. The molecule has 0 saturated heterocycles. The first-order chi connectivity index (χ1) is 10.6. The maximum atomic E-state index is 12.4. The number of rotatable bonds is 6. The Morgan fingerprint density at radius 1 is 1.30 bits per heavy atom. The minimum Gasteiger partial charge on any atom is -0.493 e. The summed E-state index contributed by atoms with van der Waals surface area (Å²) in [7, 11) is 0. The number of amides is 1. The van der Waals surface area contributed by atoms with Crippen molar-refractivity contribution in [3.8, 4) is 5.75 Å². The molecule has 1 amide bonds. The van der Waals surface area contributed by atoms with E-state index < -0.39 is 5.60 Å². The number of halogens is 1. The van der Waals surface area contributed by atoms with Gasteiger partial charge in [0.05, 0.1) is 10.2 Å². The quantitative estimate of drug-likeness (QED) is 0.588. The van der Waals surface area contributed by atoms with E-state index in [9.17, 15) is 4.79 Å². The maximum absolute atomic E-state index is 12.4. The molecule has 23 heavy (non-hydrogen) atoms. The Morgan fingerprint density at radius 2 is 1.96 bits per heavy atom. The zero-order valence-electron chi connectivity index (χ0n) is 15.0. The van der Waals surface area contributed by atoms with Crippen LogP contribution in [0, 0.1) is 9.49 Å². The molecule has 0 fully saturated rings. The van der Waals surface area contributed by atoms with Crippen LogP contribution in [-0.4, -0.2) is 29.7 Å². The van der Waals surface area contributed by atoms with Crippen molar-refractivity contribution in [2.24, 2.45) is 5.92 Å². The van der Waals surface area contributed by atoms with Crippen LogP contribution in [0.4, 0.5) is 4.79 Å². The first-order valence-corrected chi connectivity index (χ1v) is 9.09. The summed E-state index contributed by atoms with van der Waals surface area (Å²) in [4.78, 5) is 14.2. The predicted molar refractivity (Wildman–Crippen MR) is 102 cm³/mol. The average Bonchev–Trinajstić information content (AvgIpc) is 2.39. The molecule has 0 atom stereocenters. The molecule has 0 saturated carbocycles. The molecular formula is C18H28INO3. The van der Waals surface area contributed by atoms with Crippen LogP contribution < -0.4 is 4.74 Å². The molecule has 0 aromatic heterocycles. The van der Waals surface area contributed by atoms with Crippen LogP contribution in [0.25, 0.3) is 0 Å². The maximum Gasteiger partial charge on any atom is 0.410 e. The molecule has 0 N–H and O–H groups in total. The third kappa shape index (κ3) is 7.42. The van der Waals surface area contributed by atoms with E-state index in [1.807, 2.05) is 39.8 Å². The van der Waals surface area contributed by atoms with Crippen LogP contribution in [0.1, 0.15) is 47.1 Å². The molecule has 1 aromatic rings. The summed E-state index contributed by atoms with van der Waals surface area (Å²) >= 11 is 2.26. The monoisotopic (exact) mass is 433 g/mol. The van der Waals surface area contributed by atoms with Gasteiger partial charge < -0.3 is 14.4 Å². The van der Waals surface area contributed by atoms with Crippen molar-refractivity contribution in [1.29, 1.82) is 0 Å². The number of carbonyl (C=O) groups is 1. The van der Waals surface area contributed by atoms with Gasteiger partial charge in [-0.15, -0.1) is 0 Å². The molecule has 1 aromatic carbocycles. The summed E-state index contributed by atoms with van der Waals surface area (Å²) in [5.41, 5.74) is 0.587. The van der Waals surface area contributed by atoms with E-state index in [0.717, 1.165) is 14.9 Å². The van der Waals surface area contributed by atoms with Crippen LogP contribution in [0.5, 0.6) is 5.75 Å². The largest absolute Gasteiger partial charge is 0.493 e. The Hall–Kier alpha value is -0.980. The third-order valence-electron chi connectivity index (χ3n) is 2.91. The lowest BCUT2D eigenvalue weighted by atomic mass is 10.1. The lowest BCUT2D eigenvalue weighted by molar-refractivity contribution is 0.0211. The van der Waals surface area contributed by atoms with Gasteiger partial charge in [-0.25, -0.2) is 4.79 Å². The topological polar surface area (TPSA) is 38.8 Å². The number of hydrogen-bond donors (Lipinski definition) is 0. The first-order valence-electron chi connectivity index (χ1n) is 8.01. The van der Waals surface area contributed by atoms with E-state index in [0.29, 0.717) is 25.6 Å². The molecule has 0 aliphatic carbocycles. The van der Waals surface area contributed by atoms with Crippen molar-refractivity contribution in [3.63, 3.8) is 0 Å². The SMILES string of the molecule is CCOc1ccc(CN(CC(C)C)C(=O)OC(C)(C)C)cc1I. The number of hydrogen-bond acceptors (Lipinski definition) is 3. The fourth-order valence-corrected chi connectivity index (χ4v) is 2.84. The van der Waals surface area contributed by atoms with Gasteiger partial charge in [0.15, 0.2) is 0 Å². The Bertz CT molecular complexity index is 523. The Balaban J connectivity index is 2.88. The molecule has 1 rings (SSSR count). The highest BCUT2D eigenvalue weighted by atomic mass is 127. The number of nitrogens with zero attached hydrogens (tertiary/aromatic N) is 1. The second-order valence-corrected chi connectivity index (χ2v) is 8.11. The summed E-state index contributed by atoms with van der Waals surface area (Å²) in [6.07, 6.45) is -0.268. The highest BCUT2D eigenvalue weighted by Gasteiger charge is 2.23. The normalized spacial score (nSPS) is 11.5. The van der Waals surface area contributed by atoms with Crippen molar-refractivity contribution in [2.75, 3.05) is 13.2 Å². The van der Waals surface area contributed by atoms with Gasteiger partial charge in [0, 0.05) is 13.1 Å². The smallest absolute Gasteiger partial charge is 0.410 e. The van der Waals surface area contributed by atoms with Crippen molar-refractivity contribution < 1.29 is 14.3 Å². The van der Waals surface area contributed by atoms with E-state index in [2.05, 4.69) is 42.5 Å². The Kier molecular flexibility index (Phi) is 7.64. The summed E-state index contributed by atoms with van der Waals surface area (Å²) < 4.78 is 12.1. The second-order valence-electron chi connectivity index (χ2n) is 6.95. The molecule has 0 spiro atoms. The molecule has 130 valence electrons. The fraction of sp³-hybridized carbons (Fsp3) is 0.611. The van der Waals surface area contributed by atoms with Crippen LogP contribution in [-0.2, 0) is 11.3 Å². The molecule has 4 nitrogen and oxygen atoms in total. The molecule has 0 bridgehead atoms. The number of benzene rings is 1. The van der Waals surface area contributed by atoms with E-state index in [4.69, 9.17) is 9.47 Å². The highest BCUT2D eigenvalue weighted by molar-refractivity contribution is 14.1. The predicted octanol–water partition coefficient (Wildman–Crippen LogP) is 5.08. The number of ether oxygens (including phenoxy) is 2. The van der Waals surface area contributed by atoms with Crippen molar-refractivity contribution >= 4 is 28.7 Å². The van der Waals surface area contributed by atoms with Crippen molar-refractivity contribution in [3.05, 3.63) is 27.3 Å². The van der Waals surface area contributed by atoms with Gasteiger partial charge in [0.1, 0.15) is 11.4 Å². The summed E-state index contributed by atoms with van der Waals surface area (Å²) in [5, 5.41) is 0. The Morgan fingerprint density at radius 3 is 2.43 bits per heavy atom. The minimum absolute atomic E-state index is 0.268. The summed E-state index contributed by atoms with van der Waals surface area (Å²) in [6.45, 7) is 13.7. The van der Waals surface area contributed by atoms with Crippen LogP contribution >= 0.6 is 22.6 Å². The highest BCUT2D eigenvalue weighted by Crippen LogP contribution is 2.23. The van der Waals surface area contributed by atoms with E-state index >= 15 is 0 Å². The molecule has 5 heteroatoms. The average molecular weight is 433 g/mol.